The highest BCUT2D eigenvalue weighted by molar-refractivity contribution is 7.88. The molecule has 7 nitrogen and oxygen atoms in total. The lowest BCUT2D eigenvalue weighted by atomic mass is 9.80. The number of pyridine rings is 1. The Balaban J connectivity index is 2.00. The SMILES string of the molecule is CCN(CC1CCC(CC(=O)O)CC1)c1ncc(C(F)(F)F)cc1CN(Cc1cc(C(F)(F)F)cc(C(F)(F)F)c1)S(C)(=O)=O. The maximum atomic E-state index is 13.7. The van der Waals surface area contributed by atoms with Crippen molar-refractivity contribution in [2.24, 2.45) is 11.8 Å². The maximum absolute atomic E-state index is 13.7. The van der Waals surface area contributed by atoms with E-state index in [2.05, 4.69) is 4.98 Å². The van der Waals surface area contributed by atoms with Gasteiger partial charge in [0.2, 0.25) is 10.0 Å². The van der Waals surface area contributed by atoms with Gasteiger partial charge in [0.25, 0.3) is 0 Å². The fourth-order valence-electron chi connectivity index (χ4n) is 5.40. The van der Waals surface area contributed by atoms with Crippen LogP contribution in [0.2, 0.25) is 0 Å². The predicted octanol–water partition coefficient (Wildman–Crippen LogP) is 7.21. The van der Waals surface area contributed by atoms with Gasteiger partial charge in [0.15, 0.2) is 0 Å². The van der Waals surface area contributed by atoms with E-state index >= 15 is 0 Å². The van der Waals surface area contributed by atoms with Crippen molar-refractivity contribution in [3.05, 3.63) is 58.3 Å². The standard InChI is InChI=1S/C28H32F9N3O4S/c1-3-39(14-18-6-4-17(5-7-18)10-24(41)42)25-20(11-23(13-38-25)28(35,36)37)16-40(45(2,43)44)15-19-8-21(26(29,30)31)12-22(9-19)27(32,33)34/h8-9,11-13,17-18H,3-7,10,14-16H2,1-2H3,(H,41,42). The van der Waals surface area contributed by atoms with Gasteiger partial charge in [-0.05, 0) is 74.3 Å². The Morgan fingerprint density at radius 1 is 0.844 bits per heavy atom. The number of halogens is 9. The quantitative estimate of drug-likeness (QED) is 0.253. The third kappa shape index (κ3) is 10.2. The number of carboxylic acid groups (broad SMARTS) is 1. The number of nitrogens with zero attached hydrogens (tertiary/aromatic N) is 3. The molecule has 1 aliphatic rings. The highest BCUT2D eigenvalue weighted by atomic mass is 32.2. The van der Waals surface area contributed by atoms with Crippen LogP contribution >= 0.6 is 0 Å². The summed E-state index contributed by atoms with van der Waals surface area (Å²) in [6, 6.07) is 1.27. The van der Waals surface area contributed by atoms with Gasteiger partial charge in [0.1, 0.15) is 5.82 Å². The van der Waals surface area contributed by atoms with Crippen LogP contribution in [0.4, 0.5) is 45.3 Å². The average molecular weight is 678 g/mol. The molecule has 1 aliphatic carbocycles. The van der Waals surface area contributed by atoms with E-state index in [0.717, 1.165) is 0 Å². The molecule has 0 unspecified atom stereocenters. The maximum Gasteiger partial charge on any atom is 0.417 e. The fraction of sp³-hybridized carbons (Fsp3) is 0.571. The first-order valence-corrected chi connectivity index (χ1v) is 15.7. The number of aliphatic carboxylic acids is 1. The molecule has 17 heteroatoms. The molecule has 0 amide bonds. The molecule has 0 saturated heterocycles. The largest absolute Gasteiger partial charge is 0.481 e. The second-order valence-corrected chi connectivity index (χ2v) is 13.2. The van der Waals surface area contributed by atoms with Gasteiger partial charge in [0.05, 0.1) is 22.9 Å². The van der Waals surface area contributed by atoms with E-state index in [4.69, 9.17) is 5.11 Å². The van der Waals surface area contributed by atoms with Crippen LogP contribution in [0.5, 0.6) is 0 Å². The second kappa shape index (κ2) is 13.7. The second-order valence-electron chi connectivity index (χ2n) is 11.2. The van der Waals surface area contributed by atoms with Crippen molar-refractivity contribution >= 4 is 21.8 Å². The summed E-state index contributed by atoms with van der Waals surface area (Å²) < 4.78 is 147. The van der Waals surface area contributed by atoms with E-state index in [1.165, 1.54) is 0 Å². The number of alkyl halides is 9. The van der Waals surface area contributed by atoms with Crippen molar-refractivity contribution in [1.82, 2.24) is 9.29 Å². The minimum absolute atomic E-state index is 0.00869. The van der Waals surface area contributed by atoms with Crippen molar-refractivity contribution in [3.8, 4) is 0 Å². The van der Waals surface area contributed by atoms with E-state index in [1.54, 1.807) is 11.8 Å². The number of carboxylic acids is 1. The Hall–Kier alpha value is -3.08. The van der Waals surface area contributed by atoms with E-state index in [1.807, 2.05) is 0 Å². The fourth-order valence-corrected chi connectivity index (χ4v) is 6.15. The molecular formula is C28H32F9N3O4S. The van der Waals surface area contributed by atoms with Gasteiger partial charge >= 0.3 is 24.5 Å². The molecule has 3 rings (SSSR count). The molecule has 0 spiro atoms. The lowest BCUT2D eigenvalue weighted by Crippen LogP contribution is -2.35. The lowest BCUT2D eigenvalue weighted by molar-refractivity contribution is -0.143. The van der Waals surface area contributed by atoms with Gasteiger partial charge in [-0.15, -0.1) is 0 Å². The van der Waals surface area contributed by atoms with Gasteiger partial charge in [-0.25, -0.2) is 13.4 Å². The van der Waals surface area contributed by atoms with Gasteiger partial charge in [0, 0.05) is 44.4 Å². The summed E-state index contributed by atoms with van der Waals surface area (Å²) in [6.07, 6.45) is -11.5. The van der Waals surface area contributed by atoms with Crippen molar-refractivity contribution in [1.29, 1.82) is 0 Å². The molecular weight excluding hydrogens is 645 g/mol. The van der Waals surface area contributed by atoms with E-state index in [9.17, 15) is 52.7 Å². The molecule has 1 aromatic heterocycles. The summed E-state index contributed by atoms with van der Waals surface area (Å²) in [5, 5.41) is 9.05. The van der Waals surface area contributed by atoms with Gasteiger partial charge in [-0.1, -0.05) is 0 Å². The molecule has 1 saturated carbocycles. The summed E-state index contributed by atoms with van der Waals surface area (Å²) in [7, 11) is -4.40. The smallest absolute Gasteiger partial charge is 0.417 e. The molecule has 1 N–H and O–H groups in total. The first-order valence-electron chi connectivity index (χ1n) is 13.8. The van der Waals surface area contributed by atoms with Crippen LogP contribution < -0.4 is 4.90 Å². The number of sulfonamides is 1. The molecule has 0 aliphatic heterocycles. The van der Waals surface area contributed by atoms with Crippen LogP contribution in [-0.2, 0) is 46.4 Å². The van der Waals surface area contributed by atoms with E-state index in [-0.39, 0.29) is 42.2 Å². The highest BCUT2D eigenvalue weighted by Crippen LogP contribution is 2.38. The van der Waals surface area contributed by atoms with Gasteiger partial charge < -0.3 is 10.0 Å². The zero-order chi connectivity index (χ0) is 34.0. The third-order valence-electron chi connectivity index (χ3n) is 7.68. The molecule has 1 fully saturated rings. The van der Waals surface area contributed by atoms with Crippen molar-refractivity contribution in [3.63, 3.8) is 0 Å². The average Bonchev–Trinajstić information content (AvgIpc) is 2.90. The molecule has 0 atom stereocenters. The number of hydrogen-bond acceptors (Lipinski definition) is 5. The van der Waals surface area contributed by atoms with Crippen LogP contribution in [0.25, 0.3) is 0 Å². The summed E-state index contributed by atoms with van der Waals surface area (Å²) in [6.45, 7) is 0.381. The Kier molecular flexibility index (Phi) is 11.1. The Morgan fingerprint density at radius 3 is 1.80 bits per heavy atom. The number of benzene rings is 1. The first kappa shape index (κ1) is 36.4. The lowest BCUT2D eigenvalue weighted by Gasteiger charge is -2.34. The zero-order valence-corrected chi connectivity index (χ0v) is 25.0. The van der Waals surface area contributed by atoms with Crippen LogP contribution in [-0.4, -0.2) is 48.1 Å². The van der Waals surface area contributed by atoms with Gasteiger partial charge in [-0.3, -0.25) is 4.79 Å². The van der Waals surface area contributed by atoms with Crippen LogP contribution in [0.15, 0.2) is 30.5 Å². The monoisotopic (exact) mass is 677 g/mol. The predicted molar refractivity (Wildman–Crippen MR) is 145 cm³/mol. The number of carbonyl (C=O) groups is 1. The molecule has 2 aromatic rings. The minimum Gasteiger partial charge on any atom is -0.481 e. The van der Waals surface area contributed by atoms with E-state index in [0.29, 0.717) is 67.2 Å². The Labute approximate surface area is 254 Å². The topological polar surface area (TPSA) is 90.8 Å². The molecule has 0 radical (unpaired) electrons. The van der Waals surface area contributed by atoms with Crippen molar-refractivity contribution in [2.45, 2.75) is 70.6 Å². The number of rotatable bonds is 11. The molecule has 252 valence electrons. The van der Waals surface area contributed by atoms with Gasteiger partial charge in [-0.2, -0.15) is 43.8 Å². The molecule has 1 heterocycles. The van der Waals surface area contributed by atoms with Crippen LogP contribution in [0.1, 0.15) is 66.8 Å². The van der Waals surface area contributed by atoms with E-state index < -0.39 is 69.9 Å². The Morgan fingerprint density at radius 2 is 1.36 bits per heavy atom. The third-order valence-corrected chi connectivity index (χ3v) is 8.88. The zero-order valence-electron chi connectivity index (χ0n) is 24.2. The number of anilines is 1. The summed E-state index contributed by atoms with van der Waals surface area (Å²) >= 11 is 0. The number of aromatic nitrogens is 1. The summed E-state index contributed by atoms with van der Waals surface area (Å²) in [5.41, 5.74) is -5.48. The van der Waals surface area contributed by atoms with Crippen LogP contribution in [0, 0.1) is 11.8 Å². The van der Waals surface area contributed by atoms with Crippen LogP contribution in [0.3, 0.4) is 0 Å². The summed E-state index contributed by atoms with van der Waals surface area (Å²) in [4.78, 5) is 16.7. The molecule has 1 aromatic carbocycles. The van der Waals surface area contributed by atoms with Crippen molar-refractivity contribution in [2.75, 3.05) is 24.2 Å². The van der Waals surface area contributed by atoms with Crippen molar-refractivity contribution < 1.29 is 57.8 Å². The first-order chi connectivity index (χ1) is 20.6. The minimum atomic E-state index is -5.20. The summed E-state index contributed by atoms with van der Waals surface area (Å²) in [5.74, 6) is -0.927. The molecule has 0 bridgehead atoms. The Bertz CT molecular complexity index is 1420. The normalized spacial score (nSPS) is 18.3. The highest BCUT2D eigenvalue weighted by Gasteiger charge is 2.38. The molecule has 45 heavy (non-hydrogen) atoms. The number of hydrogen-bond donors (Lipinski definition) is 1.